The lowest BCUT2D eigenvalue weighted by atomic mass is 10.2. The molecule has 1 saturated carbocycles. The summed E-state index contributed by atoms with van der Waals surface area (Å²) >= 11 is 2.83. The summed E-state index contributed by atoms with van der Waals surface area (Å²) in [6.45, 7) is 1.23. The quantitative estimate of drug-likeness (QED) is 0.627. The Morgan fingerprint density at radius 2 is 2.00 bits per heavy atom. The van der Waals surface area contributed by atoms with Gasteiger partial charge >= 0.3 is 0 Å². The van der Waals surface area contributed by atoms with Gasteiger partial charge in [0.1, 0.15) is 0 Å². The number of ether oxygens (including phenoxy) is 1. The second kappa shape index (κ2) is 7.85. The van der Waals surface area contributed by atoms with Crippen LogP contribution in [0.25, 0.3) is 10.2 Å². The summed E-state index contributed by atoms with van der Waals surface area (Å²) < 4.78 is 6.84. The maximum Gasteiger partial charge on any atom is 0.270 e. The lowest BCUT2D eigenvalue weighted by molar-refractivity contribution is -0.117. The van der Waals surface area contributed by atoms with Gasteiger partial charge in [-0.1, -0.05) is 23.5 Å². The Morgan fingerprint density at radius 3 is 2.76 bits per heavy atom. The van der Waals surface area contributed by atoms with Gasteiger partial charge in [0.25, 0.3) is 5.91 Å². The normalized spacial score (nSPS) is 18.8. The maximum absolute atomic E-state index is 13.4. The van der Waals surface area contributed by atoms with Crippen molar-refractivity contribution in [1.82, 2.24) is 4.98 Å². The molecule has 2 fully saturated rings. The molecule has 0 bridgehead atoms. The van der Waals surface area contributed by atoms with E-state index in [1.54, 1.807) is 17.0 Å². The van der Waals surface area contributed by atoms with Crippen molar-refractivity contribution in [2.24, 2.45) is 5.92 Å². The number of amides is 2. The minimum Gasteiger partial charge on any atom is -0.376 e. The Bertz CT molecular complexity index is 1020. The van der Waals surface area contributed by atoms with Crippen molar-refractivity contribution >= 4 is 54.8 Å². The first-order valence-corrected chi connectivity index (χ1v) is 11.5. The van der Waals surface area contributed by atoms with Crippen LogP contribution in [0.2, 0.25) is 0 Å². The maximum atomic E-state index is 13.4. The molecule has 8 heteroatoms. The van der Waals surface area contributed by atoms with E-state index >= 15 is 0 Å². The summed E-state index contributed by atoms with van der Waals surface area (Å²) in [5.74, 6) is 0.0831. The van der Waals surface area contributed by atoms with Crippen LogP contribution in [0.5, 0.6) is 0 Å². The van der Waals surface area contributed by atoms with Crippen molar-refractivity contribution in [2.45, 2.75) is 31.8 Å². The number of rotatable bonds is 6. The molecule has 1 saturated heterocycles. The van der Waals surface area contributed by atoms with E-state index in [0.29, 0.717) is 21.6 Å². The lowest BCUT2D eigenvalue weighted by Crippen LogP contribution is -2.37. The van der Waals surface area contributed by atoms with Gasteiger partial charge in [-0.15, -0.1) is 11.3 Å². The van der Waals surface area contributed by atoms with E-state index in [1.165, 1.54) is 22.7 Å². The number of carbonyl (C=O) groups excluding carboxylic acids is 2. The highest BCUT2D eigenvalue weighted by Crippen LogP contribution is 2.34. The molecule has 150 valence electrons. The first kappa shape index (κ1) is 18.7. The number of para-hydroxylation sites is 1. The fraction of sp³-hybridized carbons (Fsp3) is 0.381. The number of nitrogens with one attached hydrogen (secondary N) is 1. The van der Waals surface area contributed by atoms with Gasteiger partial charge in [0, 0.05) is 12.5 Å². The van der Waals surface area contributed by atoms with E-state index < -0.39 is 0 Å². The van der Waals surface area contributed by atoms with Crippen LogP contribution in [0.1, 0.15) is 35.4 Å². The zero-order valence-electron chi connectivity index (χ0n) is 15.8. The average Bonchev–Trinajstić information content (AvgIpc) is 3.10. The summed E-state index contributed by atoms with van der Waals surface area (Å²) in [6, 6.07) is 11.5. The van der Waals surface area contributed by atoms with Gasteiger partial charge in [0.05, 0.1) is 32.7 Å². The molecule has 2 amide bonds. The molecular weight excluding hydrogens is 406 g/mol. The van der Waals surface area contributed by atoms with Crippen LogP contribution in [0.4, 0.5) is 10.1 Å². The number of benzene rings is 1. The Balaban J connectivity index is 1.41. The Hall–Kier alpha value is -2.29. The molecule has 3 aromatic rings. The van der Waals surface area contributed by atoms with Gasteiger partial charge < -0.3 is 10.1 Å². The van der Waals surface area contributed by atoms with Gasteiger partial charge in [-0.05, 0) is 49.9 Å². The second-order valence-electron chi connectivity index (χ2n) is 7.44. The highest BCUT2D eigenvalue weighted by molar-refractivity contribution is 7.22. The molecule has 5 rings (SSSR count). The predicted octanol–water partition coefficient (Wildman–Crippen LogP) is 4.53. The molecule has 0 spiro atoms. The van der Waals surface area contributed by atoms with Crippen LogP contribution in [0, 0.1) is 5.92 Å². The van der Waals surface area contributed by atoms with Crippen molar-refractivity contribution in [3.63, 3.8) is 0 Å². The third-order valence-corrected chi connectivity index (χ3v) is 7.23. The van der Waals surface area contributed by atoms with Crippen molar-refractivity contribution in [3.8, 4) is 0 Å². The van der Waals surface area contributed by atoms with Crippen LogP contribution in [-0.2, 0) is 9.53 Å². The molecule has 1 aliphatic heterocycles. The van der Waals surface area contributed by atoms with E-state index in [-0.39, 0.29) is 23.8 Å². The van der Waals surface area contributed by atoms with Gasteiger partial charge in [0.2, 0.25) is 5.91 Å². The number of carbonyl (C=O) groups is 2. The van der Waals surface area contributed by atoms with Gasteiger partial charge in [-0.25, -0.2) is 4.98 Å². The molecule has 2 aromatic heterocycles. The summed E-state index contributed by atoms with van der Waals surface area (Å²) in [4.78, 5) is 32.4. The zero-order valence-corrected chi connectivity index (χ0v) is 17.4. The van der Waals surface area contributed by atoms with E-state index in [2.05, 4.69) is 5.32 Å². The number of aromatic nitrogens is 1. The van der Waals surface area contributed by atoms with Crippen LogP contribution in [0.15, 0.2) is 36.4 Å². The van der Waals surface area contributed by atoms with E-state index in [1.807, 2.05) is 24.3 Å². The first-order valence-electron chi connectivity index (χ1n) is 9.87. The highest BCUT2D eigenvalue weighted by Gasteiger charge is 2.31. The van der Waals surface area contributed by atoms with Crippen LogP contribution in [-0.4, -0.2) is 36.1 Å². The SMILES string of the molecule is O=C(Nc1ccc(C(=O)N(C[C@@H]2CCCO2)c2nc3ccccc3s2)s1)C1CC1. The number of fused-ring (bicyclic) bond motifs is 1. The Kier molecular flexibility index (Phi) is 5.07. The monoisotopic (exact) mass is 427 g/mol. The molecule has 29 heavy (non-hydrogen) atoms. The van der Waals surface area contributed by atoms with Gasteiger partial charge in [-0.3, -0.25) is 14.5 Å². The Morgan fingerprint density at radius 1 is 1.14 bits per heavy atom. The number of hydrogen-bond acceptors (Lipinski definition) is 6. The molecular formula is C21H21N3O3S2. The van der Waals surface area contributed by atoms with Crippen LogP contribution < -0.4 is 10.2 Å². The standard InChI is InChI=1S/C21H21N3O3S2/c25-19(13-7-8-13)23-18-10-9-17(28-18)20(26)24(12-14-4-3-11-27-14)21-22-15-5-1-2-6-16(15)29-21/h1-2,5-6,9-10,13-14H,3-4,7-8,11-12H2,(H,23,25)/t14-/m0/s1. The minimum absolute atomic E-state index is 0.0277. The van der Waals surface area contributed by atoms with Crippen molar-refractivity contribution < 1.29 is 14.3 Å². The number of nitrogens with zero attached hydrogens (tertiary/aromatic N) is 2. The summed E-state index contributed by atoms with van der Waals surface area (Å²) in [6.07, 6.45) is 3.90. The van der Waals surface area contributed by atoms with Crippen molar-refractivity contribution in [1.29, 1.82) is 0 Å². The molecule has 3 heterocycles. The predicted molar refractivity (Wildman–Crippen MR) is 116 cm³/mol. The largest absolute Gasteiger partial charge is 0.376 e. The van der Waals surface area contributed by atoms with E-state index in [4.69, 9.17) is 9.72 Å². The molecule has 0 radical (unpaired) electrons. The van der Waals surface area contributed by atoms with Gasteiger partial charge in [0.15, 0.2) is 5.13 Å². The van der Waals surface area contributed by atoms with Crippen LogP contribution in [0.3, 0.4) is 0 Å². The molecule has 1 aliphatic carbocycles. The summed E-state index contributed by atoms with van der Waals surface area (Å²) in [7, 11) is 0. The number of thiazole rings is 1. The van der Waals surface area contributed by atoms with Gasteiger partial charge in [-0.2, -0.15) is 0 Å². The molecule has 1 aromatic carbocycles. The summed E-state index contributed by atoms with van der Waals surface area (Å²) in [5, 5.41) is 4.32. The number of anilines is 2. The number of thiophene rings is 1. The van der Waals surface area contributed by atoms with Crippen LogP contribution >= 0.6 is 22.7 Å². The highest BCUT2D eigenvalue weighted by atomic mass is 32.1. The smallest absolute Gasteiger partial charge is 0.270 e. The minimum atomic E-state index is -0.100. The topological polar surface area (TPSA) is 71.5 Å². The Labute approximate surface area is 176 Å². The average molecular weight is 428 g/mol. The molecule has 1 N–H and O–H groups in total. The van der Waals surface area contributed by atoms with Crippen molar-refractivity contribution in [3.05, 3.63) is 41.3 Å². The molecule has 2 aliphatic rings. The van der Waals surface area contributed by atoms with E-state index in [9.17, 15) is 9.59 Å². The second-order valence-corrected chi connectivity index (χ2v) is 9.54. The molecule has 6 nitrogen and oxygen atoms in total. The summed E-state index contributed by atoms with van der Waals surface area (Å²) in [5.41, 5.74) is 0.890. The zero-order chi connectivity index (χ0) is 19.8. The molecule has 1 atom stereocenters. The fourth-order valence-electron chi connectivity index (χ4n) is 3.44. The fourth-order valence-corrected chi connectivity index (χ4v) is 5.27. The number of hydrogen-bond donors (Lipinski definition) is 1. The third-order valence-electron chi connectivity index (χ3n) is 5.18. The molecule has 0 unspecified atom stereocenters. The third kappa shape index (κ3) is 4.05. The van der Waals surface area contributed by atoms with Crippen molar-refractivity contribution in [2.75, 3.05) is 23.4 Å². The van der Waals surface area contributed by atoms with E-state index in [0.717, 1.165) is 42.5 Å². The first-order chi connectivity index (χ1) is 14.2. The lowest BCUT2D eigenvalue weighted by Gasteiger charge is -2.22.